The normalized spacial score (nSPS) is 10.2. The van der Waals surface area contributed by atoms with Crippen LogP contribution in [0.3, 0.4) is 0 Å². The molecule has 0 atom stereocenters. The van der Waals surface area contributed by atoms with Crippen molar-refractivity contribution in [3.63, 3.8) is 0 Å². The molecule has 0 aliphatic heterocycles. The average Bonchev–Trinajstić information content (AvgIpc) is 2.06. The number of phenols is 1. The molecule has 0 bridgehead atoms. The van der Waals surface area contributed by atoms with Crippen molar-refractivity contribution < 1.29 is 6.53 Å². The molecule has 2 heteroatoms. The van der Waals surface area contributed by atoms with Gasteiger partial charge < -0.3 is 5.11 Å². The SMILES string of the molecule is Oc1cccc2cnccc12.[H+]. The van der Waals surface area contributed by atoms with Gasteiger partial charge in [-0.2, -0.15) is 0 Å². The van der Waals surface area contributed by atoms with Crippen LogP contribution in [0.5, 0.6) is 5.75 Å². The van der Waals surface area contributed by atoms with Gasteiger partial charge in [-0.1, -0.05) is 12.1 Å². The highest BCUT2D eigenvalue weighted by Crippen LogP contribution is 2.22. The first-order valence-corrected chi connectivity index (χ1v) is 3.39. The topological polar surface area (TPSA) is 33.1 Å². The summed E-state index contributed by atoms with van der Waals surface area (Å²) in [7, 11) is 0. The molecule has 0 aliphatic carbocycles. The van der Waals surface area contributed by atoms with E-state index < -0.39 is 0 Å². The number of benzene rings is 1. The lowest BCUT2D eigenvalue weighted by molar-refractivity contribution is 0.481. The Morgan fingerprint density at radius 3 is 3.00 bits per heavy atom. The minimum atomic E-state index is 0. The Labute approximate surface area is 65.6 Å². The summed E-state index contributed by atoms with van der Waals surface area (Å²) in [5.74, 6) is 0.310. The maximum atomic E-state index is 9.34. The average molecular weight is 146 g/mol. The van der Waals surface area contributed by atoms with Crippen molar-refractivity contribution in [2.24, 2.45) is 0 Å². The van der Waals surface area contributed by atoms with E-state index in [9.17, 15) is 5.11 Å². The smallest absolute Gasteiger partial charge is 0.507 e. The second-order valence-corrected chi connectivity index (χ2v) is 2.37. The van der Waals surface area contributed by atoms with Crippen LogP contribution in [0.25, 0.3) is 10.8 Å². The number of fused-ring (bicyclic) bond motifs is 1. The molecular weight excluding hydrogens is 138 g/mol. The zero-order valence-electron chi connectivity index (χ0n) is 6.86. The van der Waals surface area contributed by atoms with Gasteiger partial charge in [-0.05, 0) is 12.1 Å². The van der Waals surface area contributed by atoms with Gasteiger partial charge in [0, 0.05) is 23.2 Å². The lowest BCUT2D eigenvalue weighted by Crippen LogP contribution is -1.74. The van der Waals surface area contributed by atoms with Gasteiger partial charge in [0.25, 0.3) is 0 Å². The van der Waals surface area contributed by atoms with Crippen molar-refractivity contribution in [2.45, 2.75) is 0 Å². The molecule has 0 fully saturated rings. The zero-order chi connectivity index (χ0) is 7.68. The molecule has 2 aromatic rings. The van der Waals surface area contributed by atoms with Gasteiger partial charge in [-0.15, -0.1) is 0 Å². The summed E-state index contributed by atoms with van der Waals surface area (Å²) < 4.78 is 0. The molecule has 11 heavy (non-hydrogen) atoms. The van der Waals surface area contributed by atoms with E-state index in [4.69, 9.17) is 0 Å². The second-order valence-electron chi connectivity index (χ2n) is 2.37. The Morgan fingerprint density at radius 2 is 2.18 bits per heavy atom. The van der Waals surface area contributed by atoms with E-state index in [1.165, 1.54) is 0 Å². The van der Waals surface area contributed by atoms with Gasteiger partial charge in [0.15, 0.2) is 0 Å². The largest absolute Gasteiger partial charge is 1.00 e. The summed E-state index contributed by atoms with van der Waals surface area (Å²) >= 11 is 0. The molecule has 54 valence electrons. The molecule has 1 N–H and O–H groups in total. The van der Waals surface area contributed by atoms with Crippen molar-refractivity contribution in [1.29, 1.82) is 0 Å². The molecular formula is C9H8NO+. The maximum absolute atomic E-state index is 9.34. The molecule has 0 aliphatic rings. The Kier molecular flexibility index (Phi) is 1.25. The molecule has 2 rings (SSSR count). The minimum absolute atomic E-state index is 0. The highest BCUT2D eigenvalue weighted by molar-refractivity contribution is 5.86. The van der Waals surface area contributed by atoms with E-state index >= 15 is 0 Å². The van der Waals surface area contributed by atoms with E-state index in [1.54, 1.807) is 30.6 Å². The first-order chi connectivity index (χ1) is 5.38. The number of rotatable bonds is 0. The van der Waals surface area contributed by atoms with Crippen LogP contribution in [-0.2, 0) is 0 Å². The van der Waals surface area contributed by atoms with E-state index in [0.717, 1.165) is 10.8 Å². The third-order valence-corrected chi connectivity index (χ3v) is 1.66. The fourth-order valence-electron chi connectivity index (χ4n) is 1.11. The number of hydrogen-bond acceptors (Lipinski definition) is 2. The molecule has 0 saturated heterocycles. The molecule has 0 unspecified atom stereocenters. The van der Waals surface area contributed by atoms with E-state index in [0.29, 0.717) is 5.75 Å². The molecule has 0 spiro atoms. The Morgan fingerprint density at radius 1 is 1.27 bits per heavy atom. The lowest BCUT2D eigenvalue weighted by Gasteiger charge is -1.97. The van der Waals surface area contributed by atoms with Crippen LogP contribution in [0.4, 0.5) is 0 Å². The number of hydrogen-bond donors (Lipinski definition) is 1. The summed E-state index contributed by atoms with van der Waals surface area (Å²) in [6, 6.07) is 7.19. The van der Waals surface area contributed by atoms with Crippen molar-refractivity contribution in [3.05, 3.63) is 36.7 Å². The number of nitrogens with zero attached hydrogens (tertiary/aromatic N) is 1. The van der Waals surface area contributed by atoms with Gasteiger partial charge in [0.1, 0.15) is 5.75 Å². The molecule has 2 nitrogen and oxygen atoms in total. The van der Waals surface area contributed by atoms with Crippen LogP contribution in [0.1, 0.15) is 1.43 Å². The Hall–Kier alpha value is -1.57. The standard InChI is InChI=1S/C9H7NO/c11-9-3-1-2-7-6-10-5-4-8(7)9/h1-6,11H/p+1. The quantitative estimate of drug-likeness (QED) is 0.617. The van der Waals surface area contributed by atoms with Crippen molar-refractivity contribution >= 4 is 10.8 Å². The predicted octanol–water partition coefficient (Wildman–Crippen LogP) is 2.05. The third kappa shape index (κ3) is 0.923. The third-order valence-electron chi connectivity index (χ3n) is 1.66. The summed E-state index contributed by atoms with van der Waals surface area (Å²) in [5.41, 5.74) is 0. The monoisotopic (exact) mass is 146 g/mol. The fraction of sp³-hybridized carbons (Fsp3) is 0. The summed E-state index contributed by atoms with van der Waals surface area (Å²) in [6.45, 7) is 0. The highest BCUT2D eigenvalue weighted by Gasteiger charge is 1.95. The van der Waals surface area contributed by atoms with Crippen molar-refractivity contribution in [2.75, 3.05) is 0 Å². The maximum Gasteiger partial charge on any atom is 1.00 e. The zero-order valence-corrected chi connectivity index (χ0v) is 5.86. The van der Waals surface area contributed by atoms with Crippen molar-refractivity contribution in [1.82, 2.24) is 4.98 Å². The summed E-state index contributed by atoms with van der Waals surface area (Å²) in [5, 5.41) is 11.2. The van der Waals surface area contributed by atoms with Gasteiger partial charge >= 0.3 is 1.43 Å². The minimum Gasteiger partial charge on any atom is -0.507 e. The van der Waals surface area contributed by atoms with E-state index in [-0.39, 0.29) is 1.43 Å². The van der Waals surface area contributed by atoms with Crippen molar-refractivity contribution in [3.8, 4) is 5.75 Å². The fourth-order valence-corrected chi connectivity index (χ4v) is 1.11. The molecule has 0 amide bonds. The van der Waals surface area contributed by atoms with Gasteiger partial charge in [-0.3, -0.25) is 4.98 Å². The first kappa shape index (κ1) is 6.16. The first-order valence-electron chi connectivity index (χ1n) is 3.39. The predicted molar refractivity (Wildman–Crippen MR) is 44.5 cm³/mol. The van der Waals surface area contributed by atoms with E-state index in [1.807, 2.05) is 6.07 Å². The van der Waals surface area contributed by atoms with Crippen LogP contribution in [0.15, 0.2) is 36.7 Å². The number of aromatic hydroxyl groups is 1. The lowest BCUT2D eigenvalue weighted by atomic mass is 10.2. The molecule has 1 heterocycles. The van der Waals surface area contributed by atoms with Crippen LogP contribution in [0.2, 0.25) is 0 Å². The summed E-state index contributed by atoms with van der Waals surface area (Å²) in [6.07, 6.45) is 3.40. The van der Waals surface area contributed by atoms with Gasteiger partial charge in [0.05, 0.1) is 0 Å². The molecule has 1 aromatic heterocycles. The van der Waals surface area contributed by atoms with Crippen LogP contribution < -0.4 is 0 Å². The van der Waals surface area contributed by atoms with E-state index in [2.05, 4.69) is 4.98 Å². The number of phenolic OH excluding ortho intramolecular Hbond substituents is 1. The Bertz CT molecular complexity index is 384. The Balaban J connectivity index is 0.000000720. The number of aromatic nitrogens is 1. The van der Waals surface area contributed by atoms with Crippen LogP contribution in [-0.4, -0.2) is 10.1 Å². The van der Waals surface area contributed by atoms with Crippen LogP contribution in [0, 0.1) is 0 Å². The molecule has 0 radical (unpaired) electrons. The summed E-state index contributed by atoms with van der Waals surface area (Å²) in [4.78, 5) is 3.94. The number of pyridine rings is 1. The highest BCUT2D eigenvalue weighted by atomic mass is 16.3. The van der Waals surface area contributed by atoms with Gasteiger partial charge in [0.2, 0.25) is 0 Å². The molecule has 1 aromatic carbocycles. The second kappa shape index (κ2) is 2.23. The van der Waals surface area contributed by atoms with Gasteiger partial charge in [-0.25, -0.2) is 0 Å². The van der Waals surface area contributed by atoms with Crippen LogP contribution >= 0.6 is 0 Å². The molecule has 0 saturated carbocycles.